The summed E-state index contributed by atoms with van der Waals surface area (Å²) in [6.45, 7) is 0. The zero-order chi connectivity index (χ0) is 14.0. The molecule has 2 rings (SSSR count). The topological polar surface area (TPSA) is 18.5 Å². The third kappa shape index (κ3) is 2.81. The van der Waals surface area contributed by atoms with Crippen LogP contribution in [0.3, 0.4) is 0 Å². The van der Waals surface area contributed by atoms with Crippen molar-refractivity contribution >= 4 is 34.5 Å². The number of alkyl halides is 1. The quantitative estimate of drug-likeness (QED) is 0.747. The summed E-state index contributed by atoms with van der Waals surface area (Å²) in [5.41, 5.74) is 0.309. The molecule has 0 bridgehead atoms. The van der Waals surface area contributed by atoms with Crippen molar-refractivity contribution in [3.8, 4) is 11.5 Å². The van der Waals surface area contributed by atoms with Crippen molar-refractivity contribution in [3.63, 3.8) is 0 Å². The summed E-state index contributed by atoms with van der Waals surface area (Å²) >= 11 is 13.7. The van der Waals surface area contributed by atoms with Gasteiger partial charge >= 0.3 is 0 Å². The highest BCUT2D eigenvalue weighted by molar-refractivity contribution is 7.11. The van der Waals surface area contributed by atoms with Crippen LogP contribution in [0.1, 0.15) is 15.8 Å². The van der Waals surface area contributed by atoms with Crippen molar-refractivity contribution in [1.29, 1.82) is 0 Å². The van der Waals surface area contributed by atoms with Gasteiger partial charge in [0.25, 0.3) is 0 Å². The molecule has 0 amide bonds. The zero-order valence-electron chi connectivity index (χ0n) is 10.2. The fourth-order valence-electron chi connectivity index (χ4n) is 1.69. The smallest absolute Gasteiger partial charge is 0.163 e. The van der Waals surface area contributed by atoms with E-state index in [-0.39, 0.29) is 0 Å². The van der Waals surface area contributed by atoms with E-state index in [2.05, 4.69) is 0 Å². The lowest BCUT2D eigenvalue weighted by atomic mass is 10.1. The van der Waals surface area contributed by atoms with Crippen molar-refractivity contribution in [1.82, 2.24) is 0 Å². The second-order valence-electron chi connectivity index (χ2n) is 3.72. The second kappa shape index (κ2) is 5.99. The molecule has 0 N–H and O–H groups in total. The highest BCUT2D eigenvalue weighted by Crippen LogP contribution is 2.41. The van der Waals surface area contributed by atoms with E-state index < -0.39 is 11.2 Å². The molecule has 0 spiro atoms. The van der Waals surface area contributed by atoms with E-state index in [1.807, 2.05) is 5.38 Å². The Labute approximate surface area is 124 Å². The largest absolute Gasteiger partial charge is 0.493 e. The molecule has 19 heavy (non-hydrogen) atoms. The Morgan fingerprint density at radius 1 is 1.21 bits per heavy atom. The van der Waals surface area contributed by atoms with Crippen LogP contribution >= 0.6 is 34.5 Å². The first kappa shape index (κ1) is 14.4. The van der Waals surface area contributed by atoms with Crippen molar-refractivity contribution in [2.75, 3.05) is 14.2 Å². The van der Waals surface area contributed by atoms with Crippen molar-refractivity contribution in [3.05, 3.63) is 44.9 Å². The summed E-state index contributed by atoms with van der Waals surface area (Å²) < 4.78 is 24.3. The van der Waals surface area contributed by atoms with Gasteiger partial charge in [0.05, 0.1) is 24.6 Å². The average molecular weight is 321 g/mol. The molecule has 0 saturated carbocycles. The van der Waals surface area contributed by atoms with Gasteiger partial charge in [0.2, 0.25) is 0 Å². The first-order chi connectivity index (χ1) is 9.08. The van der Waals surface area contributed by atoms with Crippen LogP contribution in [0.2, 0.25) is 5.02 Å². The summed E-state index contributed by atoms with van der Waals surface area (Å²) in [5.74, 6) is 0.296. The molecule has 0 fully saturated rings. The lowest BCUT2D eigenvalue weighted by Gasteiger charge is -2.14. The molecule has 6 heteroatoms. The molecule has 0 aliphatic rings. The Bertz CT molecular complexity index is 586. The zero-order valence-corrected chi connectivity index (χ0v) is 12.6. The van der Waals surface area contributed by atoms with E-state index in [0.717, 1.165) is 0 Å². The number of methoxy groups -OCH3 is 2. The number of benzene rings is 1. The van der Waals surface area contributed by atoms with Gasteiger partial charge in [-0.3, -0.25) is 0 Å². The average Bonchev–Trinajstić information content (AvgIpc) is 2.83. The Kier molecular flexibility index (Phi) is 4.55. The summed E-state index contributed by atoms with van der Waals surface area (Å²) in [6, 6.07) is 4.52. The second-order valence-corrected chi connectivity index (χ2v) is 5.52. The van der Waals surface area contributed by atoms with E-state index in [1.54, 1.807) is 6.07 Å². The Balaban J connectivity index is 2.48. The predicted octanol–water partition coefficient (Wildman–Crippen LogP) is 4.89. The molecule has 102 valence electrons. The highest BCUT2D eigenvalue weighted by atomic mass is 35.5. The summed E-state index contributed by atoms with van der Waals surface area (Å²) in [6.07, 6.45) is 0. The minimum atomic E-state index is -0.660. The predicted molar refractivity (Wildman–Crippen MR) is 76.5 cm³/mol. The van der Waals surface area contributed by atoms with Gasteiger partial charge in [0, 0.05) is 16.5 Å². The monoisotopic (exact) mass is 320 g/mol. The van der Waals surface area contributed by atoms with Gasteiger partial charge in [-0.1, -0.05) is 11.6 Å². The number of ether oxygens (including phenoxy) is 2. The molecular weight excluding hydrogens is 310 g/mol. The fourth-order valence-corrected chi connectivity index (χ4v) is 3.34. The van der Waals surface area contributed by atoms with Gasteiger partial charge in [-0.05, 0) is 17.5 Å². The third-order valence-corrected chi connectivity index (χ3v) is 4.66. The van der Waals surface area contributed by atoms with E-state index in [1.165, 1.54) is 37.7 Å². The number of thiophene rings is 1. The van der Waals surface area contributed by atoms with Gasteiger partial charge in [0.15, 0.2) is 11.5 Å². The van der Waals surface area contributed by atoms with Gasteiger partial charge in [-0.25, -0.2) is 4.39 Å². The van der Waals surface area contributed by atoms with Crippen LogP contribution in [0.25, 0.3) is 0 Å². The lowest BCUT2D eigenvalue weighted by molar-refractivity contribution is 0.351. The van der Waals surface area contributed by atoms with E-state index in [9.17, 15) is 4.39 Å². The van der Waals surface area contributed by atoms with Crippen LogP contribution in [0, 0.1) is 5.82 Å². The van der Waals surface area contributed by atoms with Crippen LogP contribution in [0.15, 0.2) is 23.6 Å². The van der Waals surface area contributed by atoms with Gasteiger partial charge in [-0.15, -0.1) is 22.9 Å². The molecule has 1 heterocycles. The molecule has 1 aromatic heterocycles. The maximum atomic E-state index is 14.1. The molecule has 0 radical (unpaired) electrons. The molecular formula is C13H11Cl2FO2S. The minimum Gasteiger partial charge on any atom is -0.493 e. The molecule has 0 saturated heterocycles. The standard InChI is InChI=1S/C13H11Cl2FO2S/c1-17-10-5-7(9(16)6-11(10)18-2)12(15)13-8(14)3-4-19-13/h3-6,12H,1-2H3. The maximum absolute atomic E-state index is 14.1. The Hall–Kier alpha value is -0.970. The fraction of sp³-hybridized carbons (Fsp3) is 0.231. The van der Waals surface area contributed by atoms with Crippen LogP contribution < -0.4 is 9.47 Å². The first-order valence-electron chi connectivity index (χ1n) is 5.36. The van der Waals surface area contributed by atoms with Gasteiger partial charge in [-0.2, -0.15) is 0 Å². The molecule has 1 atom stereocenters. The van der Waals surface area contributed by atoms with Crippen molar-refractivity contribution < 1.29 is 13.9 Å². The van der Waals surface area contributed by atoms with Crippen LogP contribution in [-0.4, -0.2) is 14.2 Å². The SMILES string of the molecule is COc1cc(F)c(C(Cl)c2sccc2Cl)cc1OC. The normalized spacial score (nSPS) is 12.3. The van der Waals surface area contributed by atoms with Crippen molar-refractivity contribution in [2.45, 2.75) is 5.38 Å². The van der Waals surface area contributed by atoms with E-state index >= 15 is 0 Å². The number of rotatable bonds is 4. The Morgan fingerprint density at radius 2 is 1.84 bits per heavy atom. The number of halogens is 3. The third-order valence-electron chi connectivity index (χ3n) is 2.65. The molecule has 2 nitrogen and oxygen atoms in total. The number of hydrogen-bond acceptors (Lipinski definition) is 3. The minimum absolute atomic E-state index is 0.309. The van der Waals surface area contributed by atoms with Crippen LogP contribution in [-0.2, 0) is 0 Å². The summed E-state index contributed by atoms with van der Waals surface area (Å²) in [7, 11) is 2.94. The van der Waals surface area contributed by atoms with Crippen LogP contribution in [0.4, 0.5) is 4.39 Å². The lowest BCUT2D eigenvalue weighted by Crippen LogP contribution is -1.99. The van der Waals surface area contributed by atoms with E-state index in [0.29, 0.717) is 27.0 Å². The van der Waals surface area contributed by atoms with Crippen molar-refractivity contribution in [2.24, 2.45) is 0 Å². The molecule has 1 unspecified atom stereocenters. The van der Waals surface area contributed by atoms with Gasteiger partial charge in [0.1, 0.15) is 5.82 Å². The summed E-state index contributed by atoms with van der Waals surface area (Å²) in [5, 5.41) is 1.68. The summed E-state index contributed by atoms with van der Waals surface area (Å²) in [4.78, 5) is 0.703. The van der Waals surface area contributed by atoms with Crippen LogP contribution in [0.5, 0.6) is 11.5 Å². The molecule has 0 aliphatic carbocycles. The number of hydrogen-bond donors (Lipinski definition) is 0. The molecule has 2 aromatic rings. The maximum Gasteiger partial charge on any atom is 0.163 e. The first-order valence-corrected chi connectivity index (χ1v) is 7.06. The highest BCUT2D eigenvalue weighted by Gasteiger charge is 2.22. The molecule has 0 aliphatic heterocycles. The van der Waals surface area contributed by atoms with Gasteiger partial charge < -0.3 is 9.47 Å². The molecule has 1 aromatic carbocycles. The van der Waals surface area contributed by atoms with E-state index in [4.69, 9.17) is 32.7 Å². The Morgan fingerprint density at radius 3 is 2.37 bits per heavy atom.